The van der Waals surface area contributed by atoms with Crippen molar-refractivity contribution in [3.63, 3.8) is 0 Å². The number of morpholine rings is 1. The van der Waals surface area contributed by atoms with Gasteiger partial charge in [0.05, 0.1) is 26.5 Å². The van der Waals surface area contributed by atoms with E-state index >= 15 is 0 Å². The average molecular weight is 435 g/mol. The standard InChI is InChI=1S/C23H25N5O4/c1-31-19-8-6-18(7-9-19)25-23(30)26-24-14-17-15-28(21-5-3-2-4-20(17)21)16-22(29)27-10-12-32-13-11-27/h2-9,14-15H,10-13,16H2,1H3,(H2,25,26,30)/b24-14+. The van der Waals surface area contributed by atoms with Crippen LogP contribution in [0.4, 0.5) is 10.5 Å². The molecule has 9 heteroatoms. The molecule has 2 aromatic carbocycles. The predicted octanol–water partition coefficient (Wildman–Crippen LogP) is 2.66. The third-order valence-electron chi connectivity index (χ3n) is 5.21. The number of carbonyl (C=O) groups excluding carboxylic acids is 2. The lowest BCUT2D eigenvalue weighted by atomic mass is 10.2. The number of fused-ring (bicyclic) bond motifs is 1. The van der Waals surface area contributed by atoms with Crippen molar-refractivity contribution >= 4 is 34.7 Å². The summed E-state index contributed by atoms with van der Waals surface area (Å²) >= 11 is 0. The molecule has 1 aliphatic heterocycles. The van der Waals surface area contributed by atoms with Crippen molar-refractivity contribution < 1.29 is 19.1 Å². The first-order chi connectivity index (χ1) is 15.6. The molecule has 2 heterocycles. The zero-order valence-electron chi connectivity index (χ0n) is 17.8. The number of hydrogen-bond acceptors (Lipinski definition) is 5. The molecule has 0 atom stereocenters. The number of urea groups is 1. The number of anilines is 1. The van der Waals surface area contributed by atoms with E-state index in [1.165, 1.54) is 0 Å². The highest BCUT2D eigenvalue weighted by molar-refractivity contribution is 6.00. The summed E-state index contributed by atoms with van der Waals surface area (Å²) in [5, 5.41) is 7.71. The van der Waals surface area contributed by atoms with Gasteiger partial charge in [-0.15, -0.1) is 0 Å². The SMILES string of the molecule is COc1ccc(NC(=O)N/N=C/c2cn(CC(=O)N3CCOCC3)c3ccccc23)cc1. The van der Waals surface area contributed by atoms with E-state index < -0.39 is 6.03 Å². The maximum Gasteiger partial charge on any atom is 0.339 e. The summed E-state index contributed by atoms with van der Waals surface area (Å²) in [5.41, 5.74) is 4.82. The molecule has 0 saturated carbocycles. The molecule has 1 fully saturated rings. The van der Waals surface area contributed by atoms with Crippen LogP contribution in [0.5, 0.6) is 5.75 Å². The van der Waals surface area contributed by atoms with Crippen LogP contribution in [0.15, 0.2) is 59.8 Å². The normalized spacial score (nSPS) is 14.0. The second-order valence-corrected chi connectivity index (χ2v) is 7.28. The van der Waals surface area contributed by atoms with Crippen LogP contribution in [-0.4, -0.2) is 61.0 Å². The van der Waals surface area contributed by atoms with Gasteiger partial charge >= 0.3 is 6.03 Å². The second-order valence-electron chi connectivity index (χ2n) is 7.28. The molecule has 1 aromatic heterocycles. The van der Waals surface area contributed by atoms with Crippen LogP contribution in [-0.2, 0) is 16.1 Å². The van der Waals surface area contributed by atoms with Gasteiger partial charge in [-0.3, -0.25) is 4.79 Å². The van der Waals surface area contributed by atoms with Crippen molar-refractivity contribution in [2.75, 3.05) is 38.7 Å². The molecule has 4 rings (SSSR count). The summed E-state index contributed by atoms with van der Waals surface area (Å²) in [6.07, 6.45) is 3.45. The Labute approximate surface area is 185 Å². The van der Waals surface area contributed by atoms with Crippen LogP contribution in [0, 0.1) is 0 Å². The van der Waals surface area contributed by atoms with Crippen molar-refractivity contribution in [3.8, 4) is 5.75 Å². The molecule has 0 spiro atoms. The fraction of sp³-hybridized carbons (Fsp3) is 0.261. The zero-order valence-corrected chi connectivity index (χ0v) is 17.8. The maximum absolute atomic E-state index is 12.7. The molecule has 3 aromatic rings. The Balaban J connectivity index is 1.42. The fourth-order valence-corrected chi connectivity index (χ4v) is 3.56. The number of hydrogen-bond donors (Lipinski definition) is 2. The number of hydrazone groups is 1. The van der Waals surface area contributed by atoms with E-state index in [1.54, 1.807) is 37.6 Å². The predicted molar refractivity (Wildman–Crippen MR) is 122 cm³/mol. The van der Waals surface area contributed by atoms with Crippen molar-refractivity contribution in [1.82, 2.24) is 14.9 Å². The smallest absolute Gasteiger partial charge is 0.339 e. The molecule has 1 aliphatic rings. The first-order valence-corrected chi connectivity index (χ1v) is 10.3. The van der Waals surface area contributed by atoms with Crippen molar-refractivity contribution in [2.24, 2.45) is 5.10 Å². The van der Waals surface area contributed by atoms with Gasteiger partial charge in [-0.25, -0.2) is 10.2 Å². The van der Waals surface area contributed by atoms with E-state index in [4.69, 9.17) is 9.47 Å². The number of nitrogens with one attached hydrogen (secondary N) is 2. The van der Waals surface area contributed by atoms with Crippen LogP contribution in [0.1, 0.15) is 5.56 Å². The highest BCUT2D eigenvalue weighted by Crippen LogP contribution is 2.20. The van der Waals surface area contributed by atoms with Gasteiger partial charge in [-0.1, -0.05) is 18.2 Å². The van der Waals surface area contributed by atoms with Gasteiger partial charge < -0.3 is 24.3 Å². The minimum Gasteiger partial charge on any atom is -0.497 e. The number of nitrogens with zero attached hydrogens (tertiary/aromatic N) is 3. The summed E-state index contributed by atoms with van der Waals surface area (Å²) < 4.78 is 12.3. The van der Waals surface area contributed by atoms with Crippen LogP contribution < -0.4 is 15.5 Å². The van der Waals surface area contributed by atoms with E-state index in [-0.39, 0.29) is 12.5 Å². The van der Waals surface area contributed by atoms with Gasteiger partial charge in [0, 0.05) is 41.4 Å². The molecule has 9 nitrogen and oxygen atoms in total. The van der Waals surface area contributed by atoms with E-state index in [0.717, 1.165) is 16.5 Å². The van der Waals surface area contributed by atoms with Gasteiger partial charge in [0.2, 0.25) is 5.91 Å². The summed E-state index contributed by atoms with van der Waals surface area (Å²) in [4.78, 5) is 26.6. The lowest BCUT2D eigenvalue weighted by Gasteiger charge is -2.27. The minimum atomic E-state index is -0.461. The summed E-state index contributed by atoms with van der Waals surface area (Å²) in [6.45, 7) is 2.60. The van der Waals surface area contributed by atoms with Crippen molar-refractivity contribution in [1.29, 1.82) is 0 Å². The Morgan fingerprint density at radius 3 is 2.62 bits per heavy atom. The Hall–Kier alpha value is -3.85. The first-order valence-electron chi connectivity index (χ1n) is 10.3. The van der Waals surface area contributed by atoms with Crippen LogP contribution >= 0.6 is 0 Å². The van der Waals surface area contributed by atoms with Gasteiger partial charge in [0.25, 0.3) is 0 Å². The average Bonchev–Trinajstić information content (AvgIpc) is 3.17. The summed E-state index contributed by atoms with van der Waals surface area (Å²) in [7, 11) is 1.58. The quantitative estimate of drug-likeness (QED) is 0.460. The third kappa shape index (κ3) is 5.06. The fourth-order valence-electron chi connectivity index (χ4n) is 3.56. The second kappa shape index (κ2) is 9.97. The number of aromatic nitrogens is 1. The molecule has 3 amide bonds. The molecule has 0 bridgehead atoms. The number of para-hydroxylation sites is 1. The van der Waals surface area contributed by atoms with Gasteiger partial charge in [-0.05, 0) is 30.3 Å². The monoisotopic (exact) mass is 435 g/mol. The van der Waals surface area contributed by atoms with E-state index in [2.05, 4.69) is 15.8 Å². The topological polar surface area (TPSA) is 97.2 Å². The number of benzene rings is 2. The summed E-state index contributed by atoms with van der Waals surface area (Å²) in [5.74, 6) is 0.756. The Morgan fingerprint density at radius 2 is 1.88 bits per heavy atom. The number of ether oxygens (including phenoxy) is 2. The molecule has 2 N–H and O–H groups in total. The number of rotatable bonds is 6. The van der Waals surface area contributed by atoms with E-state index in [0.29, 0.717) is 37.7 Å². The third-order valence-corrected chi connectivity index (χ3v) is 5.21. The number of carbonyl (C=O) groups is 2. The lowest BCUT2D eigenvalue weighted by Crippen LogP contribution is -2.42. The summed E-state index contributed by atoms with van der Waals surface area (Å²) in [6, 6.07) is 14.3. The minimum absolute atomic E-state index is 0.0505. The van der Waals surface area contributed by atoms with Crippen LogP contribution in [0.3, 0.4) is 0 Å². The van der Waals surface area contributed by atoms with Crippen molar-refractivity contribution in [2.45, 2.75) is 6.54 Å². The molecule has 166 valence electrons. The van der Waals surface area contributed by atoms with E-state index in [1.807, 2.05) is 39.9 Å². The Bertz CT molecular complexity index is 1120. The largest absolute Gasteiger partial charge is 0.497 e. The molecule has 0 radical (unpaired) electrons. The molecule has 32 heavy (non-hydrogen) atoms. The molecule has 0 aliphatic carbocycles. The number of amides is 3. The van der Waals surface area contributed by atoms with Crippen LogP contribution in [0.25, 0.3) is 10.9 Å². The lowest BCUT2D eigenvalue weighted by molar-refractivity contribution is -0.135. The van der Waals surface area contributed by atoms with Gasteiger partial charge in [0.1, 0.15) is 12.3 Å². The molecule has 0 unspecified atom stereocenters. The maximum atomic E-state index is 12.7. The highest BCUT2D eigenvalue weighted by atomic mass is 16.5. The highest BCUT2D eigenvalue weighted by Gasteiger charge is 2.18. The Morgan fingerprint density at radius 1 is 1.12 bits per heavy atom. The van der Waals surface area contributed by atoms with Crippen molar-refractivity contribution in [3.05, 3.63) is 60.3 Å². The van der Waals surface area contributed by atoms with Gasteiger partial charge in [-0.2, -0.15) is 5.10 Å². The molecule has 1 saturated heterocycles. The molecular weight excluding hydrogens is 410 g/mol. The molecular formula is C23H25N5O4. The first kappa shape index (κ1) is 21.4. The Kier molecular flexibility index (Phi) is 6.66. The zero-order chi connectivity index (χ0) is 22.3. The van der Waals surface area contributed by atoms with Crippen LogP contribution in [0.2, 0.25) is 0 Å². The number of methoxy groups -OCH3 is 1. The van der Waals surface area contributed by atoms with Gasteiger partial charge in [0.15, 0.2) is 0 Å². The van der Waals surface area contributed by atoms with E-state index in [9.17, 15) is 9.59 Å².